The number of rotatable bonds is 20. The van der Waals surface area contributed by atoms with Gasteiger partial charge in [0.1, 0.15) is 0 Å². The summed E-state index contributed by atoms with van der Waals surface area (Å²) in [4.78, 5) is 4.92. The van der Waals surface area contributed by atoms with E-state index in [1.807, 2.05) is 69.3 Å². The Labute approximate surface area is 432 Å². The van der Waals surface area contributed by atoms with Gasteiger partial charge in [-0.25, -0.2) is 0 Å². The first-order chi connectivity index (χ1) is 34.6. The monoisotopic (exact) mass is 1060 g/mol. The number of unbranched alkanes of at least 4 members (excludes halogenated alkanes) is 9. The van der Waals surface area contributed by atoms with Gasteiger partial charge in [-0.1, -0.05) is 139 Å². The summed E-state index contributed by atoms with van der Waals surface area (Å²) in [5.41, 5.74) is 14.7. The molecule has 0 unspecified atom stereocenters. The van der Waals surface area contributed by atoms with Gasteiger partial charge in [0.25, 0.3) is 0 Å². The smallest absolute Gasteiger partial charge is 0.340 e. The first-order valence-electron chi connectivity index (χ1n) is 26.5. The maximum atomic E-state index is 15.8. The molecule has 0 spiro atoms. The number of halogens is 3. The van der Waals surface area contributed by atoms with Crippen LogP contribution in [0.1, 0.15) is 140 Å². The molecule has 5 nitrogen and oxygen atoms in total. The van der Waals surface area contributed by atoms with Crippen LogP contribution in [0.25, 0.3) is 83.1 Å². The number of hydrogen-bond donors (Lipinski definition) is 0. The highest BCUT2D eigenvalue weighted by atomic mass is 127. The first kappa shape index (κ1) is 48.9. The topological polar surface area (TPSA) is 32.1 Å². The van der Waals surface area contributed by atoms with Crippen molar-refractivity contribution >= 4 is 119 Å². The van der Waals surface area contributed by atoms with E-state index in [0.29, 0.717) is 11.4 Å². The van der Waals surface area contributed by atoms with Gasteiger partial charge in [0.15, 0.2) is 0 Å². The number of aromatic nitrogens is 4. The van der Waals surface area contributed by atoms with Gasteiger partial charge in [0.2, 0.25) is 0 Å². The molecule has 1 aliphatic rings. The maximum absolute atomic E-state index is 15.8. The summed E-state index contributed by atoms with van der Waals surface area (Å²) in [5, 5.41) is 7.83. The van der Waals surface area contributed by atoms with Gasteiger partial charge >= 0.3 is 7.40 Å². The highest BCUT2D eigenvalue weighted by molar-refractivity contribution is 14.1. The predicted molar refractivity (Wildman–Crippen MR) is 311 cm³/mol. The molecular weight excluding hydrogens is 990 g/mol. The molecule has 0 saturated heterocycles. The Balaban J connectivity index is 1.24. The predicted octanol–water partition coefficient (Wildman–Crippen LogP) is 18.6. The second kappa shape index (κ2) is 21.2. The average Bonchev–Trinajstić information content (AvgIpc) is 4.15. The fraction of sp³-hybridized carbons (Fsp3) is 0.339. The molecule has 0 bridgehead atoms. The van der Waals surface area contributed by atoms with E-state index >= 15 is 8.63 Å². The molecule has 364 valence electrons. The number of fused-ring (bicyclic) bond motifs is 12. The lowest BCUT2D eigenvalue weighted by molar-refractivity contribution is 0.600. The van der Waals surface area contributed by atoms with Crippen molar-refractivity contribution in [3.05, 3.63) is 146 Å². The minimum absolute atomic E-state index is 0.456. The molecular formula is C62H67BF2IN5. The van der Waals surface area contributed by atoms with Crippen molar-refractivity contribution in [1.29, 1.82) is 0 Å². The zero-order valence-corrected chi connectivity index (χ0v) is 44.7. The maximum Gasteiger partial charge on any atom is 0.678 e. The van der Waals surface area contributed by atoms with Crippen LogP contribution >= 0.6 is 22.6 Å². The van der Waals surface area contributed by atoms with Crippen LogP contribution in [0, 0.1) is 10.5 Å². The van der Waals surface area contributed by atoms with E-state index in [2.05, 4.69) is 124 Å². The number of hydrogen-bond acceptors (Lipinski definition) is 1. The van der Waals surface area contributed by atoms with E-state index in [-0.39, 0.29) is 0 Å². The van der Waals surface area contributed by atoms with Crippen molar-refractivity contribution < 1.29 is 8.63 Å². The number of nitrogens with zero attached hydrogens (tertiary/aromatic N) is 5. The van der Waals surface area contributed by atoms with E-state index in [4.69, 9.17) is 4.99 Å². The molecule has 0 fully saturated rings. The first-order valence-corrected chi connectivity index (χ1v) is 27.5. The Morgan fingerprint density at radius 1 is 0.577 bits per heavy atom. The summed E-state index contributed by atoms with van der Waals surface area (Å²) >= 11 is 2.29. The largest absolute Gasteiger partial charge is 0.678 e. The van der Waals surface area contributed by atoms with Gasteiger partial charge in [-0.05, 0) is 140 Å². The molecule has 9 aromatic rings. The Morgan fingerprint density at radius 3 is 1.58 bits per heavy atom. The average molecular weight is 1060 g/mol. The summed E-state index contributed by atoms with van der Waals surface area (Å²) < 4.78 is 41.8. The Bertz CT molecular complexity index is 3530. The zero-order chi connectivity index (χ0) is 49.3. The van der Waals surface area contributed by atoms with E-state index in [1.54, 1.807) is 0 Å². The highest BCUT2D eigenvalue weighted by Gasteiger charge is 2.31. The normalized spacial score (nSPS) is 14.0. The van der Waals surface area contributed by atoms with Crippen LogP contribution in [-0.2, 0) is 19.6 Å². The van der Waals surface area contributed by atoms with Crippen LogP contribution in [0.15, 0.2) is 119 Å². The minimum atomic E-state index is -2.77. The molecule has 5 heterocycles. The number of benzene rings is 5. The van der Waals surface area contributed by atoms with E-state index < -0.39 is 7.40 Å². The minimum Gasteiger partial charge on any atom is -0.340 e. The van der Waals surface area contributed by atoms with Crippen LogP contribution in [-0.4, -0.2) is 31.3 Å². The molecule has 1 aliphatic heterocycles. The summed E-state index contributed by atoms with van der Waals surface area (Å²) in [6.07, 6.45) is 20.1. The Hall–Kier alpha value is -5.68. The molecule has 9 heteroatoms. The SMILES string of the molecule is CCCCCCn1c2ccccc2c2c1c1c3ccccc3n(CCCCCC)c1c1c3cc(/C=C/c4cc(C)c(/C(=C5\N=C(C)C=C5C)c5ccc(I)cc5)n4B(F)F)ccc3n(CCCCCC)c21. The Morgan fingerprint density at radius 2 is 1.08 bits per heavy atom. The third kappa shape index (κ3) is 9.03. The van der Waals surface area contributed by atoms with Crippen molar-refractivity contribution in [3.8, 4) is 0 Å². The second-order valence-corrected chi connectivity index (χ2v) is 21.3. The molecule has 0 atom stereocenters. The standard InChI is InChI=1S/C62H67BF2IN5/c1-7-10-13-20-35-68-51-25-18-16-23-48(51)56-60(68)55-49-24-17-19-26-52(49)69(36-21-14-11-8-2)61(55)57-50-40-44(28-34-53(50)70(62(56)57)37-22-15-12-9-3)27-33-47-39-42(5)59(71(47)63(64)65)54(45-29-31-46(66)32-30-45)58-41(4)38-43(6)67-58/h16-19,23-34,38-40H,7-15,20-22,35-37H2,1-6H3/b33-27+,58-54-. The fourth-order valence-electron chi connectivity index (χ4n) is 11.8. The molecule has 0 amide bonds. The molecule has 0 saturated carbocycles. The van der Waals surface area contributed by atoms with Gasteiger partial charge < -0.3 is 18.2 Å². The molecule has 4 aromatic heterocycles. The van der Waals surface area contributed by atoms with Gasteiger partial charge in [-0.15, -0.1) is 0 Å². The Kier molecular flexibility index (Phi) is 14.6. The van der Waals surface area contributed by atoms with Crippen molar-refractivity contribution in [3.63, 3.8) is 0 Å². The zero-order valence-electron chi connectivity index (χ0n) is 42.5. The van der Waals surface area contributed by atoms with Crippen molar-refractivity contribution in [2.24, 2.45) is 4.99 Å². The van der Waals surface area contributed by atoms with Crippen LogP contribution in [0.5, 0.6) is 0 Å². The summed E-state index contributed by atoms with van der Waals surface area (Å²) in [5.74, 6) is 0. The van der Waals surface area contributed by atoms with Gasteiger partial charge in [-0.2, -0.15) is 0 Å². The number of aryl methyl sites for hydroxylation is 4. The van der Waals surface area contributed by atoms with Crippen LogP contribution < -0.4 is 0 Å². The number of aliphatic imine (C=N–C) groups is 1. The van der Waals surface area contributed by atoms with Gasteiger partial charge in [0.05, 0.1) is 22.2 Å². The van der Waals surface area contributed by atoms with Crippen molar-refractivity contribution in [2.75, 3.05) is 0 Å². The highest BCUT2D eigenvalue weighted by Crippen LogP contribution is 2.49. The quantitative estimate of drug-likeness (QED) is 0.0414. The van der Waals surface area contributed by atoms with Gasteiger partial charge in [0, 0.05) is 94.7 Å². The molecule has 5 aromatic carbocycles. The van der Waals surface area contributed by atoms with Crippen molar-refractivity contribution in [1.82, 2.24) is 18.2 Å². The molecule has 0 radical (unpaired) electrons. The molecule has 10 rings (SSSR count). The summed E-state index contributed by atoms with van der Waals surface area (Å²) in [6, 6.07) is 35.1. The van der Waals surface area contributed by atoms with Crippen LogP contribution in [0.4, 0.5) is 8.63 Å². The number of para-hydroxylation sites is 2. The number of allylic oxidation sites excluding steroid dienone is 2. The van der Waals surface area contributed by atoms with Crippen LogP contribution in [0.3, 0.4) is 0 Å². The fourth-order valence-corrected chi connectivity index (χ4v) is 12.2. The summed E-state index contributed by atoms with van der Waals surface area (Å²) in [6.45, 7) is 15.6. The van der Waals surface area contributed by atoms with Gasteiger partial charge in [-0.3, -0.25) is 13.6 Å². The van der Waals surface area contributed by atoms with E-state index in [0.717, 1.165) is 81.7 Å². The molecule has 71 heavy (non-hydrogen) atoms. The lowest BCUT2D eigenvalue weighted by atomic mass is 9.95. The third-order valence-corrected chi connectivity index (χ3v) is 15.8. The molecule has 0 aliphatic carbocycles. The lowest BCUT2D eigenvalue weighted by Gasteiger charge is -2.17. The van der Waals surface area contributed by atoms with Crippen LogP contribution in [0.2, 0.25) is 0 Å². The van der Waals surface area contributed by atoms with E-state index in [9.17, 15) is 0 Å². The summed E-state index contributed by atoms with van der Waals surface area (Å²) in [7, 11) is -2.77. The second-order valence-electron chi connectivity index (χ2n) is 20.0. The lowest BCUT2D eigenvalue weighted by Crippen LogP contribution is -2.18. The van der Waals surface area contributed by atoms with Crippen molar-refractivity contribution in [2.45, 2.75) is 138 Å². The molecule has 0 N–H and O–H groups in total. The third-order valence-electron chi connectivity index (χ3n) is 15.0. The van der Waals surface area contributed by atoms with E-state index in [1.165, 1.54) is 128 Å².